The molecule has 0 unspecified atom stereocenters. The van der Waals surface area contributed by atoms with Crippen LogP contribution in [0.5, 0.6) is 11.6 Å². The Hall–Kier alpha value is -3.45. The minimum atomic E-state index is -0.209. The van der Waals surface area contributed by atoms with Gasteiger partial charge in [-0.2, -0.15) is 5.10 Å². The number of methoxy groups -OCH3 is 1. The van der Waals surface area contributed by atoms with Crippen molar-refractivity contribution in [3.63, 3.8) is 0 Å². The largest absolute Gasteiger partial charge is 0.496 e. The molecule has 1 aliphatic rings. The van der Waals surface area contributed by atoms with E-state index in [1.54, 1.807) is 7.11 Å². The lowest BCUT2D eigenvalue weighted by atomic mass is 9.89. The number of aromatic hydroxyl groups is 1. The molecule has 0 saturated carbocycles. The maximum atomic E-state index is 11.4. The fraction of sp³-hybridized carbons (Fsp3) is 0.370. The summed E-state index contributed by atoms with van der Waals surface area (Å²) in [7, 11) is 3.84. The number of aromatic nitrogens is 3. The van der Waals surface area contributed by atoms with Crippen LogP contribution in [0.3, 0.4) is 0 Å². The van der Waals surface area contributed by atoms with Crippen molar-refractivity contribution < 1.29 is 9.84 Å². The van der Waals surface area contributed by atoms with Crippen LogP contribution in [0, 0.1) is 0 Å². The van der Waals surface area contributed by atoms with Crippen molar-refractivity contribution in [1.82, 2.24) is 19.7 Å². The Bertz CT molecular complexity index is 1310. The van der Waals surface area contributed by atoms with E-state index in [0.29, 0.717) is 5.52 Å². The number of para-hydroxylation sites is 1. The van der Waals surface area contributed by atoms with Crippen LogP contribution in [0.1, 0.15) is 26.5 Å². The predicted octanol–water partition coefficient (Wildman–Crippen LogP) is 4.78. The van der Waals surface area contributed by atoms with Gasteiger partial charge in [-0.1, -0.05) is 32.9 Å². The summed E-state index contributed by atoms with van der Waals surface area (Å²) in [5, 5.41) is 20.0. The number of rotatable bonds is 4. The molecule has 4 aromatic rings. The summed E-state index contributed by atoms with van der Waals surface area (Å²) < 4.78 is 7.63. The van der Waals surface area contributed by atoms with E-state index in [0.717, 1.165) is 60.0 Å². The number of H-pyrrole nitrogens is 1. The molecular formula is C27H33N5O2. The second-order valence-corrected chi connectivity index (χ2v) is 10.1. The Morgan fingerprint density at radius 3 is 2.24 bits per heavy atom. The van der Waals surface area contributed by atoms with Crippen LogP contribution in [0.2, 0.25) is 0 Å². The molecule has 0 bridgehead atoms. The van der Waals surface area contributed by atoms with Gasteiger partial charge in [0.2, 0.25) is 5.88 Å². The molecule has 34 heavy (non-hydrogen) atoms. The molecule has 5 rings (SSSR count). The molecule has 7 heteroatoms. The van der Waals surface area contributed by atoms with Crippen LogP contribution in [-0.4, -0.2) is 65.1 Å². The van der Waals surface area contributed by atoms with Gasteiger partial charge in [0.05, 0.1) is 23.9 Å². The monoisotopic (exact) mass is 459 g/mol. The maximum absolute atomic E-state index is 11.4. The topological polar surface area (TPSA) is 69.5 Å². The Morgan fingerprint density at radius 2 is 1.59 bits per heavy atom. The van der Waals surface area contributed by atoms with Gasteiger partial charge in [-0.25, -0.2) is 0 Å². The number of likely N-dealkylation sites (N-methyl/N-ethyl adjacent to an activating group) is 1. The number of hydrogen-bond acceptors (Lipinski definition) is 5. The second kappa shape index (κ2) is 8.40. The van der Waals surface area contributed by atoms with Crippen LogP contribution >= 0.6 is 0 Å². The first-order chi connectivity index (χ1) is 16.3. The number of aromatic amines is 1. The van der Waals surface area contributed by atoms with Crippen LogP contribution in [0.15, 0.2) is 48.5 Å². The zero-order chi connectivity index (χ0) is 24.0. The normalized spacial score (nSPS) is 15.3. The summed E-state index contributed by atoms with van der Waals surface area (Å²) >= 11 is 0. The molecule has 0 radical (unpaired) electrons. The third kappa shape index (κ3) is 3.70. The van der Waals surface area contributed by atoms with E-state index in [9.17, 15) is 5.11 Å². The minimum Gasteiger partial charge on any atom is -0.496 e. The fourth-order valence-corrected chi connectivity index (χ4v) is 4.83. The number of ether oxygens (including phenoxy) is 1. The summed E-state index contributed by atoms with van der Waals surface area (Å²) in [6.45, 7) is 10.5. The smallest absolute Gasteiger partial charge is 0.222 e. The van der Waals surface area contributed by atoms with Gasteiger partial charge in [-0.3, -0.25) is 9.67 Å². The average molecular weight is 460 g/mol. The number of hydrogen-bond donors (Lipinski definition) is 2. The SMILES string of the molecule is COc1ccccc1-c1c2c(C(C)(C)C)n[nH]c2c(O)n1-c1ccc(N2CCN(C)CC2)cc1. The molecule has 0 aliphatic carbocycles. The molecule has 0 spiro atoms. The van der Waals surface area contributed by atoms with Crippen molar-refractivity contribution in [3.05, 3.63) is 54.2 Å². The van der Waals surface area contributed by atoms with Crippen molar-refractivity contribution >= 4 is 16.6 Å². The van der Waals surface area contributed by atoms with E-state index in [4.69, 9.17) is 4.74 Å². The number of piperazine rings is 1. The summed E-state index contributed by atoms with van der Waals surface area (Å²) in [4.78, 5) is 4.76. The predicted molar refractivity (Wildman–Crippen MR) is 137 cm³/mol. The molecule has 2 aromatic carbocycles. The molecule has 1 fully saturated rings. The molecule has 3 heterocycles. The lowest BCUT2D eigenvalue weighted by Gasteiger charge is -2.34. The van der Waals surface area contributed by atoms with Crippen LogP contribution in [0.4, 0.5) is 5.69 Å². The first-order valence-electron chi connectivity index (χ1n) is 11.8. The molecule has 1 saturated heterocycles. The van der Waals surface area contributed by atoms with Gasteiger partial charge >= 0.3 is 0 Å². The number of fused-ring (bicyclic) bond motifs is 1. The van der Waals surface area contributed by atoms with Gasteiger partial charge in [0.15, 0.2) is 0 Å². The zero-order valence-electron chi connectivity index (χ0n) is 20.6. The molecule has 7 nitrogen and oxygen atoms in total. The van der Waals surface area contributed by atoms with Gasteiger partial charge < -0.3 is 19.6 Å². The van der Waals surface area contributed by atoms with Crippen molar-refractivity contribution in [2.75, 3.05) is 45.2 Å². The van der Waals surface area contributed by atoms with Crippen molar-refractivity contribution in [3.8, 4) is 28.6 Å². The highest BCUT2D eigenvalue weighted by Crippen LogP contribution is 2.46. The summed E-state index contributed by atoms with van der Waals surface area (Å²) in [6, 6.07) is 16.4. The van der Waals surface area contributed by atoms with Crippen LogP contribution in [0.25, 0.3) is 27.8 Å². The molecule has 0 amide bonds. The van der Waals surface area contributed by atoms with Crippen LogP contribution < -0.4 is 9.64 Å². The van der Waals surface area contributed by atoms with E-state index >= 15 is 0 Å². The lowest BCUT2D eigenvalue weighted by Crippen LogP contribution is -2.44. The first kappa shape index (κ1) is 22.3. The third-order valence-electron chi connectivity index (χ3n) is 6.71. The highest BCUT2D eigenvalue weighted by Gasteiger charge is 2.30. The van der Waals surface area contributed by atoms with E-state index < -0.39 is 0 Å². The number of nitrogens with one attached hydrogen (secondary N) is 1. The highest BCUT2D eigenvalue weighted by molar-refractivity contribution is 6.02. The summed E-state index contributed by atoms with van der Waals surface area (Å²) in [5.74, 6) is 0.893. The van der Waals surface area contributed by atoms with E-state index in [2.05, 4.69) is 72.1 Å². The fourth-order valence-electron chi connectivity index (χ4n) is 4.83. The number of benzene rings is 2. The van der Waals surface area contributed by atoms with Gasteiger partial charge in [-0.05, 0) is 43.4 Å². The van der Waals surface area contributed by atoms with Crippen molar-refractivity contribution in [2.24, 2.45) is 0 Å². The van der Waals surface area contributed by atoms with Crippen molar-refractivity contribution in [1.29, 1.82) is 0 Å². The average Bonchev–Trinajstić information content (AvgIpc) is 3.39. The third-order valence-corrected chi connectivity index (χ3v) is 6.71. The zero-order valence-corrected chi connectivity index (χ0v) is 20.6. The lowest BCUT2D eigenvalue weighted by molar-refractivity contribution is 0.313. The van der Waals surface area contributed by atoms with Gasteiger partial charge in [0, 0.05) is 48.5 Å². The highest BCUT2D eigenvalue weighted by atomic mass is 16.5. The van der Waals surface area contributed by atoms with Gasteiger partial charge in [0.1, 0.15) is 11.3 Å². The molecule has 2 N–H and O–H groups in total. The first-order valence-corrected chi connectivity index (χ1v) is 11.8. The molecular weight excluding hydrogens is 426 g/mol. The molecule has 2 aromatic heterocycles. The van der Waals surface area contributed by atoms with Gasteiger partial charge in [-0.15, -0.1) is 0 Å². The van der Waals surface area contributed by atoms with E-state index in [1.807, 2.05) is 28.8 Å². The molecule has 178 valence electrons. The Balaban J connectivity index is 1.70. The van der Waals surface area contributed by atoms with E-state index in [-0.39, 0.29) is 11.3 Å². The number of anilines is 1. The number of nitrogens with zero attached hydrogens (tertiary/aromatic N) is 4. The molecule has 0 atom stereocenters. The van der Waals surface area contributed by atoms with Gasteiger partial charge in [0.25, 0.3) is 0 Å². The second-order valence-electron chi connectivity index (χ2n) is 10.1. The summed E-state index contributed by atoms with van der Waals surface area (Å²) in [6.07, 6.45) is 0. The quantitative estimate of drug-likeness (QED) is 0.460. The van der Waals surface area contributed by atoms with Crippen LogP contribution in [-0.2, 0) is 5.41 Å². The van der Waals surface area contributed by atoms with Crippen molar-refractivity contribution in [2.45, 2.75) is 26.2 Å². The Morgan fingerprint density at radius 1 is 0.941 bits per heavy atom. The Kier molecular flexibility index (Phi) is 5.52. The van der Waals surface area contributed by atoms with E-state index in [1.165, 1.54) is 5.69 Å². The molecule has 1 aliphatic heterocycles. The standard InChI is InChI=1S/C27H33N5O2/c1-27(2,3)25-22-23(28-29-25)26(33)32(24(22)20-8-6-7-9-21(20)34-5)19-12-10-18(11-13-19)31-16-14-30(4)15-17-31/h6-13,28,33H,14-17H2,1-5H3. The summed E-state index contributed by atoms with van der Waals surface area (Å²) in [5.41, 5.74) is 5.20. The maximum Gasteiger partial charge on any atom is 0.222 e. The minimum absolute atomic E-state index is 0.145. The Labute approximate surface area is 200 Å².